The Hall–Kier alpha value is -1.35. The van der Waals surface area contributed by atoms with Crippen LogP contribution in [0.25, 0.3) is 6.08 Å². The van der Waals surface area contributed by atoms with Crippen LogP contribution in [0, 0.1) is 0 Å². The number of hydrogen-bond donors (Lipinski definition) is 1. The largest absolute Gasteiger partial charge is 0.465 e. The summed E-state index contributed by atoms with van der Waals surface area (Å²) in [5, 5.41) is 10.1. The second-order valence-corrected chi connectivity index (χ2v) is 4.31. The van der Waals surface area contributed by atoms with Crippen molar-refractivity contribution in [3.63, 3.8) is 0 Å². The van der Waals surface area contributed by atoms with Gasteiger partial charge in [0, 0.05) is 0 Å². The van der Waals surface area contributed by atoms with Crippen molar-refractivity contribution in [1.29, 1.82) is 0 Å². The summed E-state index contributed by atoms with van der Waals surface area (Å²) in [5.74, 6) is 0.427. The molecule has 1 fully saturated rings. The molecule has 0 atom stereocenters. The minimum atomic E-state index is -1.14. The van der Waals surface area contributed by atoms with Crippen LogP contribution < -0.4 is 0 Å². The fourth-order valence-corrected chi connectivity index (χ4v) is 2.08. The summed E-state index contributed by atoms with van der Waals surface area (Å²) in [5.41, 5.74) is -1.14. The van der Waals surface area contributed by atoms with Crippen LogP contribution in [0.2, 0.25) is 0 Å². The van der Waals surface area contributed by atoms with E-state index < -0.39 is 5.60 Å². The van der Waals surface area contributed by atoms with Gasteiger partial charge in [0.25, 0.3) is 0 Å². The Morgan fingerprint density at radius 1 is 1.38 bits per heavy atom. The van der Waals surface area contributed by atoms with Crippen LogP contribution in [0.1, 0.15) is 37.9 Å². The van der Waals surface area contributed by atoms with E-state index in [2.05, 4.69) is 0 Å². The van der Waals surface area contributed by atoms with Crippen LogP contribution in [0.5, 0.6) is 0 Å². The van der Waals surface area contributed by atoms with Gasteiger partial charge in [-0.25, -0.2) is 0 Å². The third kappa shape index (κ3) is 2.42. The molecule has 3 heteroatoms. The highest BCUT2D eigenvalue weighted by molar-refractivity contribution is 5.99. The fourth-order valence-electron chi connectivity index (χ4n) is 2.08. The molecule has 1 heterocycles. The number of aliphatic hydroxyl groups is 1. The van der Waals surface area contributed by atoms with E-state index >= 15 is 0 Å². The quantitative estimate of drug-likeness (QED) is 0.796. The van der Waals surface area contributed by atoms with E-state index in [4.69, 9.17) is 4.42 Å². The molecule has 0 unspecified atom stereocenters. The lowest BCUT2D eigenvalue weighted by Gasteiger charge is -2.29. The molecule has 0 spiro atoms. The van der Waals surface area contributed by atoms with E-state index in [0.29, 0.717) is 18.6 Å². The Kier molecular flexibility index (Phi) is 3.25. The van der Waals surface area contributed by atoms with E-state index in [0.717, 1.165) is 19.3 Å². The number of carbonyl (C=O) groups is 1. The lowest BCUT2D eigenvalue weighted by atomic mass is 9.81. The molecule has 1 aromatic rings. The van der Waals surface area contributed by atoms with Crippen molar-refractivity contribution >= 4 is 11.9 Å². The first kappa shape index (κ1) is 11.1. The maximum Gasteiger partial charge on any atom is 0.187 e. The molecule has 0 radical (unpaired) electrons. The first-order valence-electron chi connectivity index (χ1n) is 5.69. The van der Waals surface area contributed by atoms with Gasteiger partial charge in [0.05, 0.1) is 6.26 Å². The van der Waals surface area contributed by atoms with Crippen molar-refractivity contribution in [3.05, 3.63) is 30.2 Å². The number of hydrogen-bond acceptors (Lipinski definition) is 3. The van der Waals surface area contributed by atoms with Crippen LogP contribution in [0.4, 0.5) is 0 Å². The van der Waals surface area contributed by atoms with Crippen molar-refractivity contribution < 1.29 is 14.3 Å². The molecule has 1 saturated carbocycles. The van der Waals surface area contributed by atoms with E-state index in [9.17, 15) is 9.90 Å². The molecule has 0 aromatic carbocycles. The molecule has 1 aliphatic rings. The van der Waals surface area contributed by atoms with Crippen molar-refractivity contribution in [3.8, 4) is 0 Å². The van der Waals surface area contributed by atoms with Crippen molar-refractivity contribution in [2.75, 3.05) is 0 Å². The number of rotatable bonds is 3. The van der Waals surface area contributed by atoms with E-state index in [1.165, 1.54) is 6.08 Å². The van der Waals surface area contributed by atoms with Gasteiger partial charge in [0.1, 0.15) is 11.4 Å². The first-order valence-corrected chi connectivity index (χ1v) is 5.69. The minimum Gasteiger partial charge on any atom is -0.465 e. The molecule has 1 aliphatic carbocycles. The van der Waals surface area contributed by atoms with Crippen LogP contribution in [-0.2, 0) is 4.79 Å². The molecule has 0 saturated heterocycles. The fraction of sp³-hybridized carbons (Fsp3) is 0.462. The summed E-state index contributed by atoms with van der Waals surface area (Å²) in [4.78, 5) is 11.8. The zero-order valence-corrected chi connectivity index (χ0v) is 9.19. The highest BCUT2D eigenvalue weighted by atomic mass is 16.3. The standard InChI is InChI=1S/C13H16O3/c14-12(7-6-11-5-4-10-16-11)13(15)8-2-1-3-9-13/h4-7,10,15H,1-3,8-9H2. The minimum absolute atomic E-state index is 0.205. The summed E-state index contributed by atoms with van der Waals surface area (Å²) < 4.78 is 5.08. The van der Waals surface area contributed by atoms with Gasteiger partial charge in [-0.2, -0.15) is 0 Å². The van der Waals surface area contributed by atoms with Crippen LogP contribution in [0.15, 0.2) is 28.9 Å². The third-order valence-electron chi connectivity index (χ3n) is 3.08. The second-order valence-electron chi connectivity index (χ2n) is 4.31. The Morgan fingerprint density at radius 2 is 2.12 bits per heavy atom. The summed E-state index contributed by atoms with van der Waals surface area (Å²) in [6.45, 7) is 0. The predicted molar refractivity (Wildman–Crippen MR) is 60.8 cm³/mol. The normalized spacial score (nSPS) is 20.1. The Morgan fingerprint density at radius 3 is 2.75 bits per heavy atom. The molecule has 86 valence electrons. The molecule has 0 amide bonds. The molecule has 3 nitrogen and oxygen atoms in total. The van der Waals surface area contributed by atoms with E-state index in [1.54, 1.807) is 24.5 Å². The lowest BCUT2D eigenvalue weighted by molar-refractivity contribution is -0.135. The summed E-state index contributed by atoms with van der Waals surface area (Å²) in [6, 6.07) is 3.54. The molecule has 1 aromatic heterocycles. The van der Waals surface area contributed by atoms with Gasteiger partial charge in [-0.05, 0) is 37.1 Å². The van der Waals surface area contributed by atoms with Crippen molar-refractivity contribution in [2.45, 2.75) is 37.7 Å². The van der Waals surface area contributed by atoms with Crippen LogP contribution in [0.3, 0.4) is 0 Å². The maximum atomic E-state index is 11.8. The number of furan rings is 1. The SMILES string of the molecule is O=C(C=Cc1ccco1)C1(O)CCCCC1. The maximum absolute atomic E-state index is 11.8. The zero-order valence-electron chi connectivity index (χ0n) is 9.19. The Balaban J connectivity index is 2.02. The average molecular weight is 220 g/mol. The molecule has 2 rings (SSSR count). The predicted octanol–water partition coefficient (Wildman–Crippen LogP) is 2.56. The summed E-state index contributed by atoms with van der Waals surface area (Å²) in [6.07, 6.45) is 8.70. The van der Waals surface area contributed by atoms with Gasteiger partial charge in [-0.3, -0.25) is 4.79 Å². The van der Waals surface area contributed by atoms with Gasteiger partial charge in [0.2, 0.25) is 0 Å². The van der Waals surface area contributed by atoms with Crippen LogP contribution in [-0.4, -0.2) is 16.5 Å². The summed E-state index contributed by atoms with van der Waals surface area (Å²) >= 11 is 0. The topological polar surface area (TPSA) is 50.4 Å². The molecule has 0 bridgehead atoms. The average Bonchev–Trinajstić information content (AvgIpc) is 2.79. The zero-order chi connectivity index (χ0) is 11.4. The molecule has 1 N–H and O–H groups in total. The van der Waals surface area contributed by atoms with Crippen LogP contribution >= 0.6 is 0 Å². The Bertz CT molecular complexity index is 370. The van der Waals surface area contributed by atoms with E-state index in [1.807, 2.05) is 0 Å². The highest BCUT2D eigenvalue weighted by Gasteiger charge is 2.35. The Labute approximate surface area is 94.8 Å². The third-order valence-corrected chi connectivity index (χ3v) is 3.08. The van der Waals surface area contributed by atoms with Gasteiger partial charge < -0.3 is 9.52 Å². The lowest BCUT2D eigenvalue weighted by Crippen LogP contribution is -2.39. The molecule has 0 aliphatic heterocycles. The van der Waals surface area contributed by atoms with Gasteiger partial charge in [0.15, 0.2) is 5.78 Å². The van der Waals surface area contributed by atoms with Crippen molar-refractivity contribution in [1.82, 2.24) is 0 Å². The van der Waals surface area contributed by atoms with Gasteiger partial charge in [-0.15, -0.1) is 0 Å². The summed E-state index contributed by atoms with van der Waals surface area (Å²) in [7, 11) is 0. The number of carbonyl (C=O) groups excluding carboxylic acids is 1. The molecular weight excluding hydrogens is 204 g/mol. The van der Waals surface area contributed by atoms with Gasteiger partial charge in [-0.1, -0.05) is 19.3 Å². The van der Waals surface area contributed by atoms with E-state index in [-0.39, 0.29) is 5.78 Å². The smallest absolute Gasteiger partial charge is 0.187 e. The molecular formula is C13H16O3. The molecule has 16 heavy (non-hydrogen) atoms. The number of ketones is 1. The van der Waals surface area contributed by atoms with Crippen molar-refractivity contribution in [2.24, 2.45) is 0 Å². The first-order chi connectivity index (χ1) is 7.71. The monoisotopic (exact) mass is 220 g/mol. The second kappa shape index (κ2) is 4.66. The van der Waals surface area contributed by atoms with Gasteiger partial charge >= 0.3 is 0 Å². The highest BCUT2D eigenvalue weighted by Crippen LogP contribution is 2.29.